The van der Waals surface area contributed by atoms with Crippen LogP contribution in [0, 0.1) is 5.82 Å². The van der Waals surface area contributed by atoms with Crippen molar-refractivity contribution in [1.29, 1.82) is 0 Å². The molecule has 0 bridgehead atoms. The molecule has 130 valence electrons. The van der Waals surface area contributed by atoms with Crippen LogP contribution in [0.1, 0.15) is 29.8 Å². The molecule has 0 unspecified atom stereocenters. The van der Waals surface area contributed by atoms with E-state index in [9.17, 15) is 14.0 Å². The van der Waals surface area contributed by atoms with Crippen LogP contribution < -0.4 is 5.32 Å². The number of benzene rings is 2. The molecule has 0 radical (unpaired) electrons. The summed E-state index contributed by atoms with van der Waals surface area (Å²) in [4.78, 5) is 23.7. The smallest absolute Gasteiger partial charge is 0.338 e. The van der Waals surface area contributed by atoms with Crippen molar-refractivity contribution in [2.45, 2.75) is 20.0 Å². The lowest BCUT2D eigenvalue weighted by Crippen LogP contribution is -2.12. The molecule has 0 aromatic heterocycles. The van der Waals surface area contributed by atoms with Crippen LogP contribution >= 0.6 is 15.9 Å². The number of ether oxygens (including phenoxy) is 1. The fourth-order valence-corrected chi connectivity index (χ4v) is 2.34. The molecule has 1 N–H and O–H groups in total. The minimum absolute atomic E-state index is 0.199. The van der Waals surface area contributed by atoms with Gasteiger partial charge in [-0.3, -0.25) is 4.79 Å². The molecule has 0 saturated carbocycles. The summed E-state index contributed by atoms with van der Waals surface area (Å²) >= 11 is 3.25. The molecule has 0 saturated heterocycles. The Hall–Kier alpha value is -2.47. The van der Waals surface area contributed by atoms with Crippen molar-refractivity contribution >= 4 is 39.6 Å². The molecule has 1 amide bonds. The average molecular weight is 406 g/mol. The van der Waals surface area contributed by atoms with E-state index in [2.05, 4.69) is 21.2 Å². The van der Waals surface area contributed by atoms with Crippen LogP contribution in [0.2, 0.25) is 0 Å². The van der Waals surface area contributed by atoms with Gasteiger partial charge >= 0.3 is 5.97 Å². The van der Waals surface area contributed by atoms with E-state index in [1.165, 1.54) is 18.2 Å². The molecule has 2 aromatic rings. The number of nitrogens with one attached hydrogen (secondary N) is 1. The van der Waals surface area contributed by atoms with E-state index in [-0.39, 0.29) is 6.10 Å². The normalized spacial score (nSPS) is 10.9. The van der Waals surface area contributed by atoms with Crippen LogP contribution in [0.25, 0.3) is 6.08 Å². The maximum atomic E-state index is 13.6. The molecule has 2 aromatic carbocycles. The number of halogens is 2. The summed E-state index contributed by atoms with van der Waals surface area (Å²) in [6.45, 7) is 3.54. The van der Waals surface area contributed by atoms with Gasteiger partial charge in [-0.1, -0.05) is 15.9 Å². The van der Waals surface area contributed by atoms with Crippen LogP contribution in [0.15, 0.2) is 53.0 Å². The van der Waals surface area contributed by atoms with Gasteiger partial charge in [0.05, 0.1) is 11.7 Å². The van der Waals surface area contributed by atoms with E-state index in [1.54, 1.807) is 50.2 Å². The zero-order valence-electron chi connectivity index (χ0n) is 13.8. The van der Waals surface area contributed by atoms with Gasteiger partial charge in [-0.2, -0.15) is 0 Å². The monoisotopic (exact) mass is 405 g/mol. The first-order valence-corrected chi connectivity index (χ1v) is 8.39. The van der Waals surface area contributed by atoms with Crippen molar-refractivity contribution in [2.24, 2.45) is 0 Å². The van der Waals surface area contributed by atoms with Gasteiger partial charge in [0.2, 0.25) is 5.91 Å². The Morgan fingerprint density at radius 1 is 1.16 bits per heavy atom. The van der Waals surface area contributed by atoms with Gasteiger partial charge in [0.1, 0.15) is 5.82 Å². The van der Waals surface area contributed by atoms with E-state index in [0.29, 0.717) is 16.8 Å². The van der Waals surface area contributed by atoms with E-state index in [4.69, 9.17) is 4.74 Å². The van der Waals surface area contributed by atoms with E-state index in [1.807, 2.05) is 0 Å². The summed E-state index contributed by atoms with van der Waals surface area (Å²) in [5.74, 6) is -1.24. The topological polar surface area (TPSA) is 55.4 Å². The number of anilines is 1. The molecule has 0 spiro atoms. The van der Waals surface area contributed by atoms with Crippen molar-refractivity contribution < 1.29 is 18.7 Å². The summed E-state index contributed by atoms with van der Waals surface area (Å²) in [6.07, 6.45) is 2.44. The summed E-state index contributed by atoms with van der Waals surface area (Å²) in [5.41, 5.74) is 1.22. The van der Waals surface area contributed by atoms with Crippen molar-refractivity contribution in [2.75, 3.05) is 5.32 Å². The fourth-order valence-electron chi connectivity index (χ4n) is 1.96. The van der Waals surface area contributed by atoms with Crippen LogP contribution in [-0.4, -0.2) is 18.0 Å². The standard InChI is InChI=1S/C19H17BrFNO3/c1-12(2)25-19(24)13-3-7-16(8-4-13)22-18(23)10-5-14-11-15(20)6-9-17(14)21/h3-12H,1-2H3,(H,22,23)/b10-5+. The first-order chi connectivity index (χ1) is 11.8. The van der Waals surface area contributed by atoms with E-state index >= 15 is 0 Å². The van der Waals surface area contributed by atoms with Crippen molar-refractivity contribution in [1.82, 2.24) is 0 Å². The Labute approximate surface area is 153 Å². The number of rotatable bonds is 5. The fraction of sp³-hybridized carbons (Fsp3) is 0.158. The predicted octanol–water partition coefficient (Wildman–Crippen LogP) is 4.81. The number of esters is 1. The zero-order chi connectivity index (χ0) is 18.4. The number of hydrogen-bond donors (Lipinski definition) is 1. The third-order valence-corrected chi connectivity index (χ3v) is 3.60. The van der Waals surface area contributed by atoms with E-state index in [0.717, 1.165) is 4.47 Å². The Balaban J connectivity index is 1.99. The molecular formula is C19H17BrFNO3. The third kappa shape index (κ3) is 5.83. The van der Waals surface area contributed by atoms with Gasteiger partial charge in [-0.05, 0) is 62.4 Å². The van der Waals surface area contributed by atoms with Crippen LogP contribution in [0.5, 0.6) is 0 Å². The third-order valence-electron chi connectivity index (χ3n) is 3.10. The number of hydrogen-bond acceptors (Lipinski definition) is 3. The van der Waals surface area contributed by atoms with Gasteiger partial charge in [-0.25, -0.2) is 9.18 Å². The van der Waals surface area contributed by atoms with Gasteiger partial charge in [-0.15, -0.1) is 0 Å². The summed E-state index contributed by atoms with van der Waals surface area (Å²) in [7, 11) is 0. The number of carbonyl (C=O) groups excluding carboxylic acids is 2. The highest BCUT2D eigenvalue weighted by atomic mass is 79.9. The summed E-state index contributed by atoms with van der Waals surface area (Å²) in [5, 5.41) is 2.64. The lowest BCUT2D eigenvalue weighted by atomic mass is 10.2. The molecule has 0 aliphatic carbocycles. The highest BCUT2D eigenvalue weighted by Crippen LogP contribution is 2.17. The van der Waals surface area contributed by atoms with Gasteiger partial charge in [0.25, 0.3) is 0 Å². The molecule has 0 aliphatic rings. The molecule has 0 fully saturated rings. The minimum Gasteiger partial charge on any atom is -0.459 e. The predicted molar refractivity (Wildman–Crippen MR) is 98.8 cm³/mol. The second-order valence-corrected chi connectivity index (χ2v) is 6.44. The summed E-state index contributed by atoms with van der Waals surface area (Å²) in [6, 6.07) is 10.8. The lowest BCUT2D eigenvalue weighted by Gasteiger charge is -2.08. The van der Waals surface area contributed by atoms with Gasteiger partial charge < -0.3 is 10.1 Å². The minimum atomic E-state index is -0.419. The first kappa shape index (κ1) is 18.9. The quantitative estimate of drug-likeness (QED) is 0.573. The largest absolute Gasteiger partial charge is 0.459 e. The van der Waals surface area contributed by atoms with Crippen molar-refractivity contribution in [3.63, 3.8) is 0 Å². The van der Waals surface area contributed by atoms with Gasteiger partial charge in [0, 0.05) is 21.8 Å². The molecular weight excluding hydrogens is 389 g/mol. The number of carbonyl (C=O) groups is 2. The second-order valence-electron chi connectivity index (χ2n) is 5.52. The van der Waals surface area contributed by atoms with Crippen LogP contribution in [0.4, 0.5) is 10.1 Å². The van der Waals surface area contributed by atoms with Crippen LogP contribution in [-0.2, 0) is 9.53 Å². The molecule has 4 nitrogen and oxygen atoms in total. The number of amides is 1. The highest BCUT2D eigenvalue weighted by molar-refractivity contribution is 9.10. The van der Waals surface area contributed by atoms with Gasteiger partial charge in [0.15, 0.2) is 0 Å². The Morgan fingerprint density at radius 3 is 2.48 bits per heavy atom. The Bertz CT molecular complexity index is 801. The molecule has 0 atom stereocenters. The van der Waals surface area contributed by atoms with Crippen molar-refractivity contribution in [3.05, 3.63) is 70.0 Å². The Kier molecular flexibility index (Phi) is 6.47. The molecule has 0 aliphatic heterocycles. The lowest BCUT2D eigenvalue weighted by molar-refractivity contribution is -0.111. The average Bonchev–Trinajstić information content (AvgIpc) is 2.55. The van der Waals surface area contributed by atoms with Crippen molar-refractivity contribution in [3.8, 4) is 0 Å². The second kappa shape index (κ2) is 8.58. The highest BCUT2D eigenvalue weighted by Gasteiger charge is 2.09. The first-order valence-electron chi connectivity index (χ1n) is 7.60. The molecule has 25 heavy (non-hydrogen) atoms. The van der Waals surface area contributed by atoms with Crippen LogP contribution in [0.3, 0.4) is 0 Å². The Morgan fingerprint density at radius 2 is 1.84 bits per heavy atom. The maximum Gasteiger partial charge on any atom is 0.338 e. The molecule has 6 heteroatoms. The maximum absolute atomic E-state index is 13.6. The zero-order valence-corrected chi connectivity index (χ0v) is 15.3. The molecule has 0 heterocycles. The molecule has 2 rings (SSSR count). The van der Waals surface area contributed by atoms with E-state index < -0.39 is 17.7 Å². The SMILES string of the molecule is CC(C)OC(=O)c1ccc(NC(=O)/C=C/c2cc(Br)ccc2F)cc1. The summed E-state index contributed by atoms with van der Waals surface area (Å²) < 4.78 is 19.4.